The van der Waals surface area contributed by atoms with Crippen molar-refractivity contribution in [3.05, 3.63) is 35.4 Å². The van der Waals surface area contributed by atoms with Gasteiger partial charge in [0.05, 0.1) is 12.0 Å². The highest BCUT2D eigenvalue weighted by Crippen LogP contribution is 2.24. The number of aryl methyl sites for hydroxylation is 1. The van der Waals surface area contributed by atoms with Crippen molar-refractivity contribution in [3.8, 4) is 6.07 Å². The van der Waals surface area contributed by atoms with Crippen molar-refractivity contribution >= 4 is 24.8 Å². The van der Waals surface area contributed by atoms with Crippen LogP contribution in [0.4, 0.5) is 0 Å². The minimum Gasteiger partial charge on any atom is -0.198 e. The number of halogens is 2. The summed E-state index contributed by atoms with van der Waals surface area (Å²) in [5, 5.41) is 8.77. The van der Waals surface area contributed by atoms with E-state index in [2.05, 4.69) is 30.3 Å². The Kier molecular flexibility index (Phi) is 5.60. The molecule has 0 saturated heterocycles. The Morgan fingerprint density at radius 2 is 1.79 bits per heavy atom. The van der Waals surface area contributed by atoms with E-state index in [9.17, 15) is 0 Å². The van der Waals surface area contributed by atoms with Crippen molar-refractivity contribution in [1.29, 1.82) is 5.26 Å². The summed E-state index contributed by atoms with van der Waals surface area (Å²) in [6.45, 7) is 0. The van der Waals surface area contributed by atoms with Crippen LogP contribution in [-0.4, -0.2) is 0 Å². The summed E-state index contributed by atoms with van der Waals surface area (Å²) in [6, 6.07) is 10.8. The molecular formula is C11H13Cl2N. The zero-order chi connectivity index (χ0) is 8.39. The molecule has 0 aliphatic heterocycles. The van der Waals surface area contributed by atoms with Gasteiger partial charge in [0.15, 0.2) is 0 Å². The fourth-order valence-electron chi connectivity index (χ4n) is 1.81. The van der Waals surface area contributed by atoms with Crippen LogP contribution < -0.4 is 0 Å². The first-order chi connectivity index (χ1) is 5.90. The number of nitriles is 1. The Morgan fingerprint density at radius 1 is 1.14 bits per heavy atom. The van der Waals surface area contributed by atoms with Gasteiger partial charge in [0.2, 0.25) is 0 Å². The Balaban J connectivity index is 0.000000845. The third-order valence-corrected chi connectivity index (χ3v) is 2.53. The Morgan fingerprint density at radius 3 is 2.43 bits per heavy atom. The standard InChI is InChI=1S/C11H11N.2ClH/c12-8-9-5-6-10-3-1-2-4-11(10)7-9;;/h1-4,9H,5-7H2;2*1H. The van der Waals surface area contributed by atoms with Crippen LogP contribution >= 0.6 is 24.8 Å². The van der Waals surface area contributed by atoms with Crippen molar-refractivity contribution in [2.45, 2.75) is 19.3 Å². The van der Waals surface area contributed by atoms with Crippen LogP contribution in [-0.2, 0) is 12.8 Å². The molecule has 0 saturated carbocycles. The molecule has 0 amide bonds. The van der Waals surface area contributed by atoms with Crippen molar-refractivity contribution in [2.75, 3.05) is 0 Å². The molecule has 1 aliphatic rings. The molecule has 2 rings (SSSR count). The van der Waals surface area contributed by atoms with Crippen molar-refractivity contribution in [2.24, 2.45) is 5.92 Å². The summed E-state index contributed by atoms with van der Waals surface area (Å²) in [5.74, 6) is 0.250. The maximum atomic E-state index is 8.77. The molecular weight excluding hydrogens is 217 g/mol. The average molecular weight is 230 g/mol. The van der Waals surface area contributed by atoms with Gasteiger partial charge in [0.25, 0.3) is 0 Å². The topological polar surface area (TPSA) is 23.8 Å². The second-order valence-electron chi connectivity index (χ2n) is 3.34. The molecule has 1 aromatic carbocycles. The van der Waals surface area contributed by atoms with Gasteiger partial charge >= 0.3 is 0 Å². The molecule has 3 heteroatoms. The molecule has 1 aromatic rings. The summed E-state index contributed by atoms with van der Waals surface area (Å²) >= 11 is 0. The lowest BCUT2D eigenvalue weighted by molar-refractivity contribution is 0.564. The molecule has 1 unspecified atom stereocenters. The van der Waals surface area contributed by atoms with E-state index >= 15 is 0 Å². The largest absolute Gasteiger partial charge is 0.198 e. The first kappa shape index (κ1) is 13.3. The normalized spacial score (nSPS) is 18.1. The lowest BCUT2D eigenvalue weighted by Gasteiger charge is -2.18. The maximum Gasteiger partial charge on any atom is 0.0659 e. The molecule has 76 valence electrons. The summed E-state index contributed by atoms with van der Waals surface area (Å²) in [6.07, 6.45) is 3.06. The fraction of sp³-hybridized carbons (Fsp3) is 0.364. The van der Waals surface area contributed by atoms with Gasteiger partial charge in [-0.15, -0.1) is 24.8 Å². The molecule has 0 heterocycles. The molecule has 0 aromatic heterocycles. The third kappa shape index (κ3) is 2.64. The highest BCUT2D eigenvalue weighted by Gasteiger charge is 2.16. The second kappa shape index (κ2) is 5.90. The van der Waals surface area contributed by atoms with E-state index in [1.165, 1.54) is 11.1 Å². The minimum atomic E-state index is 0. The molecule has 1 aliphatic carbocycles. The number of hydrogen-bond acceptors (Lipinski definition) is 1. The van der Waals surface area contributed by atoms with E-state index in [4.69, 9.17) is 5.26 Å². The van der Waals surface area contributed by atoms with Gasteiger partial charge in [-0.25, -0.2) is 0 Å². The molecule has 1 atom stereocenters. The number of hydrogen-bond donors (Lipinski definition) is 0. The van der Waals surface area contributed by atoms with Gasteiger partial charge in [-0.05, 0) is 30.4 Å². The van der Waals surface area contributed by atoms with Gasteiger partial charge in [-0.2, -0.15) is 5.26 Å². The van der Waals surface area contributed by atoms with Crippen LogP contribution in [0.25, 0.3) is 0 Å². The van der Waals surface area contributed by atoms with E-state index in [-0.39, 0.29) is 30.7 Å². The average Bonchev–Trinajstić information content (AvgIpc) is 2.17. The van der Waals surface area contributed by atoms with Crippen LogP contribution in [0.1, 0.15) is 17.5 Å². The van der Waals surface area contributed by atoms with Gasteiger partial charge in [-0.3, -0.25) is 0 Å². The fourth-order valence-corrected chi connectivity index (χ4v) is 1.81. The van der Waals surface area contributed by atoms with E-state index < -0.39 is 0 Å². The van der Waals surface area contributed by atoms with Crippen LogP contribution in [0.5, 0.6) is 0 Å². The minimum absolute atomic E-state index is 0. The summed E-state index contributed by atoms with van der Waals surface area (Å²) in [4.78, 5) is 0. The van der Waals surface area contributed by atoms with Crippen LogP contribution in [0.2, 0.25) is 0 Å². The summed E-state index contributed by atoms with van der Waals surface area (Å²) in [5.41, 5.74) is 2.80. The zero-order valence-corrected chi connectivity index (χ0v) is 9.40. The first-order valence-electron chi connectivity index (χ1n) is 4.36. The molecule has 1 nitrogen and oxygen atoms in total. The third-order valence-electron chi connectivity index (χ3n) is 2.53. The Bertz CT molecular complexity index is 330. The van der Waals surface area contributed by atoms with E-state index in [0.29, 0.717) is 0 Å². The van der Waals surface area contributed by atoms with Crippen molar-refractivity contribution < 1.29 is 0 Å². The lowest BCUT2D eigenvalue weighted by Crippen LogP contribution is -2.11. The quantitative estimate of drug-likeness (QED) is 0.671. The maximum absolute atomic E-state index is 8.77. The Labute approximate surface area is 96.9 Å². The summed E-state index contributed by atoms with van der Waals surface area (Å²) < 4.78 is 0. The number of rotatable bonds is 0. The molecule has 0 fully saturated rings. The molecule has 0 bridgehead atoms. The van der Waals surface area contributed by atoms with E-state index in [1.807, 2.05) is 0 Å². The highest BCUT2D eigenvalue weighted by molar-refractivity contribution is 5.85. The predicted octanol–water partition coefficient (Wildman–Crippen LogP) is 3.16. The second-order valence-corrected chi connectivity index (χ2v) is 3.34. The number of benzene rings is 1. The summed E-state index contributed by atoms with van der Waals surface area (Å²) in [7, 11) is 0. The van der Waals surface area contributed by atoms with Crippen LogP contribution in [0.15, 0.2) is 24.3 Å². The lowest BCUT2D eigenvalue weighted by atomic mass is 9.85. The SMILES string of the molecule is Cl.Cl.N#CC1CCc2ccccc2C1. The monoisotopic (exact) mass is 229 g/mol. The Hall–Kier alpha value is -0.710. The van der Waals surface area contributed by atoms with Gasteiger partial charge in [0, 0.05) is 0 Å². The van der Waals surface area contributed by atoms with Crippen molar-refractivity contribution in [3.63, 3.8) is 0 Å². The van der Waals surface area contributed by atoms with Crippen molar-refractivity contribution in [1.82, 2.24) is 0 Å². The smallest absolute Gasteiger partial charge is 0.0659 e. The molecule has 0 radical (unpaired) electrons. The first-order valence-corrected chi connectivity index (χ1v) is 4.36. The van der Waals surface area contributed by atoms with Crippen LogP contribution in [0, 0.1) is 17.2 Å². The van der Waals surface area contributed by atoms with Gasteiger partial charge < -0.3 is 0 Å². The van der Waals surface area contributed by atoms with Crippen LogP contribution in [0.3, 0.4) is 0 Å². The van der Waals surface area contributed by atoms with E-state index in [1.54, 1.807) is 0 Å². The van der Waals surface area contributed by atoms with E-state index in [0.717, 1.165) is 19.3 Å². The number of fused-ring (bicyclic) bond motifs is 1. The zero-order valence-electron chi connectivity index (χ0n) is 7.77. The predicted molar refractivity (Wildman–Crippen MR) is 62.1 cm³/mol. The van der Waals surface area contributed by atoms with Gasteiger partial charge in [-0.1, -0.05) is 24.3 Å². The highest BCUT2D eigenvalue weighted by atomic mass is 35.5. The van der Waals surface area contributed by atoms with Gasteiger partial charge in [0.1, 0.15) is 0 Å². The molecule has 14 heavy (non-hydrogen) atoms. The molecule has 0 N–H and O–H groups in total. The number of nitrogens with zero attached hydrogens (tertiary/aromatic N) is 1. The molecule has 0 spiro atoms.